The van der Waals surface area contributed by atoms with Gasteiger partial charge in [0, 0.05) is 12.5 Å². The summed E-state index contributed by atoms with van der Waals surface area (Å²) in [6.07, 6.45) is 2.44. The highest BCUT2D eigenvalue weighted by molar-refractivity contribution is 4.89. The molecule has 1 saturated heterocycles. The Morgan fingerprint density at radius 1 is 1.08 bits per heavy atom. The fourth-order valence-electron chi connectivity index (χ4n) is 2.77. The van der Waals surface area contributed by atoms with Crippen LogP contribution in [0.15, 0.2) is 0 Å². The average Bonchev–Trinajstić information content (AvgIpc) is 2.06. The van der Waals surface area contributed by atoms with Gasteiger partial charge in [-0.15, -0.1) is 0 Å². The van der Waals surface area contributed by atoms with E-state index in [9.17, 15) is 4.39 Å². The number of hydrogen-bond acceptors (Lipinski definition) is 1. The van der Waals surface area contributed by atoms with E-state index in [-0.39, 0.29) is 12.0 Å². The zero-order valence-electron chi connectivity index (χ0n) is 8.50. The Hall–Kier alpha value is -0.110. The van der Waals surface area contributed by atoms with Gasteiger partial charge in [-0.25, -0.2) is 4.39 Å². The van der Waals surface area contributed by atoms with Crippen LogP contribution in [0.5, 0.6) is 0 Å². The zero-order valence-corrected chi connectivity index (χ0v) is 8.50. The summed E-state index contributed by atoms with van der Waals surface area (Å²) in [6.45, 7) is 5.12. The van der Waals surface area contributed by atoms with Crippen LogP contribution in [0.3, 0.4) is 0 Å². The number of rotatable bonds is 0. The van der Waals surface area contributed by atoms with Crippen molar-refractivity contribution in [1.29, 1.82) is 0 Å². The topological polar surface area (TPSA) is 9.23 Å². The number of hydrogen-bond donors (Lipinski definition) is 0. The maximum absolute atomic E-state index is 13.7. The summed E-state index contributed by atoms with van der Waals surface area (Å²) in [4.78, 5) is 0. The van der Waals surface area contributed by atoms with Crippen molar-refractivity contribution in [3.63, 3.8) is 0 Å². The molecule has 0 aromatic carbocycles. The predicted octanol–water partition coefficient (Wildman–Crippen LogP) is 2.80. The van der Waals surface area contributed by atoms with E-state index in [1.807, 2.05) is 0 Å². The van der Waals surface area contributed by atoms with E-state index < -0.39 is 6.17 Å². The standard InChI is InChI=1S/C11H19FO/c1-7-4-10(12)9-3-8(2)6-13-11(9)5-7/h7-11H,3-6H2,1-2H3. The lowest BCUT2D eigenvalue weighted by atomic mass is 9.74. The van der Waals surface area contributed by atoms with Crippen LogP contribution < -0.4 is 0 Å². The average molecular weight is 186 g/mol. The minimum absolute atomic E-state index is 0.194. The van der Waals surface area contributed by atoms with Gasteiger partial charge in [0.05, 0.1) is 6.10 Å². The van der Waals surface area contributed by atoms with Gasteiger partial charge in [0.15, 0.2) is 0 Å². The Balaban J connectivity index is 2.02. The van der Waals surface area contributed by atoms with Crippen molar-refractivity contribution in [3.8, 4) is 0 Å². The molecule has 1 aliphatic carbocycles. The first-order valence-electron chi connectivity index (χ1n) is 5.42. The van der Waals surface area contributed by atoms with Crippen molar-refractivity contribution in [2.75, 3.05) is 6.61 Å². The Morgan fingerprint density at radius 2 is 1.85 bits per heavy atom. The van der Waals surface area contributed by atoms with Crippen molar-refractivity contribution in [1.82, 2.24) is 0 Å². The number of ether oxygens (including phenoxy) is 1. The van der Waals surface area contributed by atoms with Gasteiger partial charge in [0.25, 0.3) is 0 Å². The number of halogens is 1. The third-order valence-electron chi connectivity index (χ3n) is 3.47. The molecule has 2 rings (SSSR count). The second-order valence-corrected chi connectivity index (χ2v) is 4.97. The first-order valence-corrected chi connectivity index (χ1v) is 5.42. The molecule has 2 fully saturated rings. The highest BCUT2D eigenvalue weighted by Crippen LogP contribution is 2.39. The number of alkyl halides is 1. The lowest BCUT2D eigenvalue weighted by molar-refractivity contribution is -0.107. The van der Waals surface area contributed by atoms with E-state index >= 15 is 0 Å². The van der Waals surface area contributed by atoms with E-state index in [1.54, 1.807) is 0 Å². The van der Waals surface area contributed by atoms with Gasteiger partial charge >= 0.3 is 0 Å². The molecule has 1 nitrogen and oxygen atoms in total. The molecule has 2 heteroatoms. The highest BCUT2D eigenvalue weighted by atomic mass is 19.1. The third-order valence-corrected chi connectivity index (χ3v) is 3.47. The van der Waals surface area contributed by atoms with Crippen molar-refractivity contribution >= 4 is 0 Å². The molecule has 0 radical (unpaired) electrons. The minimum atomic E-state index is -0.614. The molecule has 0 spiro atoms. The Labute approximate surface area is 79.7 Å². The SMILES string of the molecule is CC1CC(F)C2CC(C)COC2C1. The summed E-state index contributed by atoms with van der Waals surface area (Å²) in [5.41, 5.74) is 0. The van der Waals surface area contributed by atoms with Crippen LogP contribution in [0.2, 0.25) is 0 Å². The fourth-order valence-corrected chi connectivity index (χ4v) is 2.77. The van der Waals surface area contributed by atoms with Crippen LogP contribution in [0, 0.1) is 17.8 Å². The summed E-state index contributed by atoms with van der Waals surface area (Å²) in [5.74, 6) is 1.25. The molecule has 5 atom stereocenters. The summed E-state index contributed by atoms with van der Waals surface area (Å²) in [5, 5.41) is 0. The molecule has 1 aliphatic heterocycles. The van der Waals surface area contributed by atoms with E-state index in [2.05, 4.69) is 13.8 Å². The molecule has 0 aromatic rings. The normalized spacial score (nSPS) is 51.5. The van der Waals surface area contributed by atoms with E-state index in [0.717, 1.165) is 25.9 Å². The minimum Gasteiger partial charge on any atom is -0.378 e. The van der Waals surface area contributed by atoms with E-state index in [0.29, 0.717) is 11.8 Å². The van der Waals surface area contributed by atoms with Crippen LogP contribution in [0.4, 0.5) is 4.39 Å². The van der Waals surface area contributed by atoms with E-state index in [4.69, 9.17) is 4.74 Å². The first kappa shape index (κ1) is 9.45. The molecule has 5 unspecified atom stereocenters. The molecule has 0 aromatic heterocycles. The molecule has 2 aliphatic rings. The second-order valence-electron chi connectivity index (χ2n) is 4.97. The van der Waals surface area contributed by atoms with Crippen LogP contribution in [-0.2, 0) is 4.74 Å². The van der Waals surface area contributed by atoms with Gasteiger partial charge in [-0.05, 0) is 31.1 Å². The van der Waals surface area contributed by atoms with Crippen molar-refractivity contribution < 1.29 is 9.13 Å². The van der Waals surface area contributed by atoms with Crippen LogP contribution >= 0.6 is 0 Å². The summed E-state index contributed by atoms with van der Waals surface area (Å²) in [7, 11) is 0. The van der Waals surface area contributed by atoms with Crippen molar-refractivity contribution in [2.24, 2.45) is 17.8 Å². The fraction of sp³-hybridized carbons (Fsp3) is 1.00. The molecule has 1 saturated carbocycles. The molecular formula is C11H19FO. The Kier molecular flexibility index (Phi) is 2.59. The Bertz CT molecular complexity index is 183. The van der Waals surface area contributed by atoms with Crippen LogP contribution in [0.1, 0.15) is 33.1 Å². The molecule has 1 heterocycles. The smallest absolute Gasteiger partial charge is 0.106 e. The molecule has 0 N–H and O–H groups in total. The van der Waals surface area contributed by atoms with Crippen LogP contribution in [0.25, 0.3) is 0 Å². The lowest BCUT2D eigenvalue weighted by Crippen LogP contribution is -2.44. The molecule has 13 heavy (non-hydrogen) atoms. The van der Waals surface area contributed by atoms with E-state index in [1.165, 1.54) is 0 Å². The monoisotopic (exact) mass is 186 g/mol. The molecule has 76 valence electrons. The predicted molar refractivity (Wildman–Crippen MR) is 50.3 cm³/mol. The van der Waals surface area contributed by atoms with Gasteiger partial charge in [0.1, 0.15) is 6.17 Å². The summed E-state index contributed by atoms with van der Waals surface area (Å²) in [6, 6.07) is 0. The third kappa shape index (κ3) is 1.88. The zero-order chi connectivity index (χ0) is 9.42. The largest absolute Gasteiger partial charge is 0.378 e. The van der Waals surface area contributed by atoms with Crippen molar-refractivity contribution in [2.45, 2.75) is 45.4 Å². The molecule has 0 amide bonds. The highest BCUT2D eigenvalue weighted by Gasteiger charge is 2.40. The summed E-state index contributed by atoms with van der Waals surface area (Å²) >= 11 is 0. The second kappa shape index (κ2) is 3.56. The number of fused-ring (bicyclic) bond motifs is 1. The van der Waals surface area contributed by atoms with Gasteiger partial charge in [-0.3, -0.25) is 0 Å². The van der Waals surface area contributed by atoms with Gasteiger partial charge < -0.3 is 4.74 Å². The van der Waals surface area contributed by atoms with Gasteiger partial charge in [-0.2, -0.15) is 0 Å². The lowest BCUT2D eigenvalue weighted by Gasteiger charge is -2.42. The first-order chi connectivity index (χ1) is 6.16. The maximum Gasteiger partial charge on any atom is 0.106 e. The summed E-state index contributed by atoms with van der Waals surface area (Å²) < 4.78 is 19.4. The van der Waals surface area contributed by atoms with Crippen LogP contribution in [-0.4, -0.2) is 18.9 Å². The Morgan fingerprint density at radius 3 is 2.62 bits per heavy atom. The van der Waals surface area contributed by atoms with Gasteiger partial charge in [0.2, 0.25) is 0 Å². The van der Waals surface area contributed by atoms with Gasteiger partial charge in [-0.1, -0.05) is 13.8 Å². The maximum atomic E-state index is 13.7. The quantitative estimate of drug-likeness (QED) is 0.565. The molecular weight excluding hydrogens is 167 g/mol. The van der Waals surface area contributed by atoms with Crippen molar-refractivity contribution in [3.05, 3.63) is 0 Å². The molecule has 0 bridgehead atoms.